The number of anilines is 1. The molecule has 26 heavy (non-hydrogen) atoms. The average Bonchev–Trinajstić information content (AvgIpc) is 2.59. The van der Waals surface area contributed by atoms with Crippen LogP contribution in [0.25, 0.3) is 6.08 Å². The van der Waals surface area contributed by atoms with Gasteiger partial charge in [0.15, 0.2) is 0 Å². The molecule has 0 spiro atoms. The zero-order valence-corrected chi connectivity index (χ0v) is 15.8. The Morgan fingerprint density at radius 1 is 1.23 bits per heavy atom. The molecule has 138 valence electrons. The number of carbonyl (C=O) groups is 1. The number of nitrogens with zero attached hydrogens (tertiary/aromatic N) is 1. The van der Waals surface area contributed by atoms with E-state index in [1.807, 2.05) is 0 Å². The molecular formula is C18H19ClN2O4S. The van der Waals surface area contributed by atoms with Crippen LogP contribution in [0.4, 0.5) is 5.69 Å². The van der Waals surface area contributed by atoms with Crippen LogP contribution in [0.5, 0.6) is 0 Å². The second-order valence-corrected chi connectivity index (χ2v) is 7.77. The van der Waals surface area contributed by atoms with Crippen molar-refractivity contribution in [3.05, 3.63) is 65.2 Å². The number of hydroxylamine groups is 2. The van der Waals surface area contributed by atoms with Crippen molar-refractivity contribution in [3.8, 4) is 0 Å². The number of sulfonamides is 1. The van der Waals surface area contributed by atoms with E-state index in [9.17, 15) is 18.4 Å². The van der Waals surface area contributed by atoms with Gasteiger partial charge in [-0.25, -0.2) is 13.5 Å². The van der Waals surface area contributed by atoms with Crippen LogP contribution in [0.2, 0.25) is 5.02 Å². The van der Waals surface area contributed by atoms with Gasteiger partial charge in [0.2, 0.25) is 5.91 Å². The molecule has 2 aromatic carbocycles. The van der Waals surface area contributed by atoms with Gasteiger partial charge in [0.05, 0.1) is 10.9 Å². The van der Waals surface area contributed by atoms with Crippen molar-refractivity contribution >= 4 is 39.3 Å². The van der Waals surface area contributed by atoms with Crippen molar-refractivity contribution in [2.75, 3.05) is 4.72 Å². The van der Waals surface area contributed by atoms with Crippen LogP contribution < -0.4 is 4.72 Å². The van der Waals surface area contributed by atoms with Gasteiger partial charge in [0.25, 0.3) is 10.0 Å². The van der Waals surface area contributed by atoms with Crippen molar-refractivity contribution in [2.24, 2.45) is 0 Å². The fourth-order valence-electron chi connectivity index (χ4n) is 2.15. The maximum Gasteiger partial charge on any atom is 0.261 e. The molecule has 1 amide bonds. The lowest BCUT2D eigenvalue weighted by Gasteiger charge is -2.17. The number of benzene rings is 2. The molecule has 2 rings (SSSR count). The van der Waals surface area contributed by atoms with E-state index < -0.39 is 22.0 Å². The van der Waals surface area contributed by atoms with Crippen LogP contribution in [0.15, 0.2) is 59.5 Å². The average molecular weight is 395 g/mol. The van der Waals surface area contributed by atoms with Crippen molar-refractivity contribution in [1.82, 2.24) is 5.06 Å². The first-order valence-corrected chi connectivity index (χ1v) is 9.60. The van der Waals surface area contributed by atoms with Crippen LogP contribution in [0.1, 0.15) is 19.4 Å². The molecule has 0 aliphatic heterocycles. The van der Waals surface area contributed by atoms with Gasteiger partial charge in [0.1, 0.15) is 0 Å². The molecule has 0 radical (unpaired) electrons. The molecule has 1 unspecified atom stereocenters. The normalized spacial score (nSPS) is 12.8. The summed E-state index contributed by atoms with van der Waals surface area (Å²) < 4.78 is 27.3. The maximum absolute atomic E-state index is 12.4. The number of amides is 1. The van der Waals surface area contributed by atoms with E-state index in [2.05, 4.69) is 4.72 Å². The molecule has 0 heterocycles. The molecule has 0 aromatic heterocycles. The van der Waals surface area contributed by atoms with Crippen molar-refractivity contribution in [1.29, 1.82) is 0 Å². The van der Waals surface area contributed by atoms with Gasteiger partial charge in [-0.2, -0.15) is 0 Å². The third kappa shape index (κ3) is 5.32. The lowest BCUT2D eigenvalue weighted by atomic mass is 10.1. The van der Waals surface area contributed by atoms with Gasteiger partial charge >= 0.3 is 0 Å². The Balaban J connectivity index is 2.16. The second-order valence-electron chi connectivity index (χ2n) is 5.65. The number of halogens is 1. The summed E-state index contributed by atoms with van der Waals surface area (Å²) in [5.74, 6) is -0.466. The molecule has 2 N–H and O–H groups in total. The number of rotatable bonds is 6. The first-order valence-electron chi connectivity index (χ1n) is 7.74. The minimum Gasteiger partial charge on any atom is -0.285 e. The van der Waals surface area contributed by atoms with Gasteiger partial charge in [-0.3, -0.25) is 14.7 Å². The van der Waals surface area contributed by atoms with Crippen LogP contribution in [-0.4, -0.2) is 30.6 Å². The highest BCUT2D eigenvalue weighted by Crippen LogP contribution is 2.19. The standard InChI is InChI=1S/C18H19ClN2O4S/c1-13(21(23)14(2)22)6-7-15-4-3-5-17(12-15)20-26(24,25)18-10-8-16(19)9-11-18/h3-13,20,23H,1-2H3. The van der Waals surface area contributed by atoms with E-state index in [0.29, 0.717) is 21.3 Å². The van der Waals surface area contributed by atoms with Gasteiger partial charge in [-0.15, -0.1) is 0 Å². The van der Waals surface area contributed by atoms with E-state index in [1.165, 1.54) is 31.2 Å². The zero-order valence-electron chi connectivity index (χ0n) is 14.3. The SMILES string of the molecule is CC(=O)N(O)C(C)C=Cc1cccc(NS(=O)(=O)c2ccc(Cl)cc2)c1. The Bertz CT molecular complexity index is 911. The Morgan fingerprint density at radius 2 is 1.88 bits per heavy atom. The predicted molar refractivity (Wildman–Crippen MR) is 102 cm³/mol. The minimum absolute atomic E-state index is 0.105. The van der Waals surface area contributed by atoms with Crippen LogP contribution in [0, 0.1) is 0 Å². The third-order valence-electron chi connectivity index (χ3n) is 3.54. The summed E-state index contributed by atoms with van der Waals surface area (Å²) in [6.07, 6.45) is 3.32. The van der Waals surface area contributed by atoms with Crippen molar-refractivity contribution < 1.29 is 18.4 Å². The summed E-state index contributed by atoms with van der Waals surface area (Å²) in [5, 5.41) is 10.6. The molecule has 0 saturated heterocycles. The molecule has 0 aliphatic carbocycles. The van der Waals surface area contributed by atoms with Crippen molar-refractivity contribution in [3.63, 3.8) is 0 Å². The Labute approximate surface area is 157 Å². The molecule has 0 bridgehead atoms. The summed E-state index contributed by atoms with van der Waals surface area (Å²) in [6.45, 7) is 2.92. The predicted octanol–water partition coefficient (Wildman–Crippen LogP) is 3.78. The first kappa shape index (κ1) is 20.0. The summed E-state index contributed by atoms with van der Waals surface area (Å²) in [7, 11) is -3.73. The van der Waals surface area contributed by atoms with Gasteiger partial charge in [-0.1, -0.05) is 35.9 Å². The molecular weight excluding hydrogens is 376 g/mol. The minimum atomic E-state index is -3.73. The van der Waals surface area contributed by atoms with Crippen LogP contribution >= 0.6 is 11.6 Å². The zero-order chi connectivity index (χ0) is 19.3. The fraction of sp³-hybridized carbons (Fsp3) is 0.167. The summed E-state index contributed by atoms with van der Waals surface area (Å²) in [5.41, 5.74) is 1.10. The topological polar surface area (TPSA) is 86.7 Å². The van der Waals surface area contributed by atoms with Gasteiger partial charge in [-0.05, 0) is 48.9 Å². The molecule has 1 atom stereocenters. The Hall–Kier alpha value is -2.35. The molecule has 0 aliphatic rings. The van der Waals surface area contributed by atoms with E-state index in [4.69, 9.17) is 11.6 Å². The lowest BCUT2D eigenvalue weighted by molar-refractivity contribution is -0.167. The fourth-order valence-corrected chi connectivity index (χ4v) is 3.33. The first-order chi connectivity index (χ1) is 12.2. The molecule has 8 heteroatoms. The van der Waals surface area contributed by atoms with E-state index >= 15 is 0 Å². The maximum atomic E-state index is 12.4. The monoisotopic (exact) mass is 394 g/mol. The summed E-state index contributed by atoms with van der Waals surface area (Å²) >= 11 is 5.78. The van der Waals surface area contributed by atoms with Gasteiger partial charge < -0.3 is 0 Å². The highest BCUT2D eigenvalue weighted by molar-refractivity contribution is 7.92. The number of hydrogen-bond donors (Lipinski definition) is 2. The molecule has 2 aromatic rings. The Morgan fingerprint density at radius 3 is 2.50 bits per heavy atom. The quantitative estimate of drug-likeness (QED) is 0.576. The molecule has 0 fully saturated rings. The van der Waals surface area contributed by atoms with E-state index in [1.54, 1.807) is 43.3 Å². The van der Waals surface area contributed by atoms with E-state index in [-0.39, 0.29) is 4.90 Å². The smallest absolute Gasteiger partial charge is 0.261 e. The number of carbonyl (C=O) groups excluding carboxylic acids is 1. The number of hydrogen-bond acceptors (Lipinski definition) is 4. The lowest BCUT2D eigenvalue weighted by Crippen LogP contribution is -2.32. The third-order valence-corrected chi connectivity index (χ3v) is 5.19. The molecule has 0 saturated carbocycles. The van der Waals surface area contributed by atoms with E-state index in [0.717, 1.165) is 0 Å². The highest BCUT2D eigenvalue weighted by Gasteiger charge is 2.14. The highest BCUT2D eigenvalue weighted by atomic mass is 35.5. The Kier molecular flexibility index (Phi) is 6.42. The summed E-state index contributed by atoms with van der Waals surface area (Å²) in [4.78, 5) is 11.2. The van der Waals surface area contributed by atoms with Crippen molar-refractivity contribution in [2.45, 2.75) is 24.8 Å². The number of nitrogens with one attached hydrogen (secondary N) is 1. The van der Waals surface area contributed by atoms with Crippen LogP contribution in [0.3, 0.4) is 0 Å². The second kappa shape index (κ2) is 8.35. The van der Waals surface area contributed by atoms with Gasteiger partial charge in [0, 0.05) is 17.6 Å². The largest absolute Gasteiger partial charge is 0.285 e. The van der Waals surface area contributed by atoms with Crippen LogP contribution in [-0.2, 0) is 14.8 Å². The summed E-state index contributed by atoms with van der Waals surface area (Å²) in [6, 6.07) is 12.1. The molecule has 6 nitrogen and oxygen atoms in total.